The molecule has 150 valence electrons. The van der Waals surface area contributed by atoms with Crippen LogP contribution in [0.5, 0.6) is 11.5 Å². The van der Waals surface area contributed by atoms with Gasteiger partial charge in [-0.25, -0.2) is 0 Å². The van der Waals surface area contributed by atoms with Gasteiger partial charge in [-0.3, -0.25) is 20.2 Å². The molecule has 1 N–H and O–H groups in total. The van der Waals surface area contributed by atoms with Crippen molar-refractivity contribution in [2.45, 2.75) is 6.42 Å². The lowest BCUT2D eigenvalue weighted by Gasteiger charge is -2.08. The van der Waals surface area contributed by atoms with Crippen LogP contribution >= 0.6 is 22.9 Å². The van der Waals surface area contributed by atoms with Gasteiger partial charge in [-0.15, -0.1) is 10.2 Å². The Bertz CT molecular complexity index is 1070. The molecular formula is C18H15ClN4O5S. The second-order valence-electron chi connectivity index (χ2n) is 5.74. The van der Waals surface area contributed by atoms with Gasteiger partial charge in [0.1, 0.15) is 5.01 Å². The number of nitro benzene ring substituents is 1. The molecule has 0 aliphatic heterocycles. The van der Waals surface area contributed by atoms with Gasteiger partial charge in [0.05, 0.1) is 29.7 Å². The number of halogens is 1. The standard InChI is InChI=1S/C18H15ClN4O5S/c1-27-14-6-3-10(7-15(14)28-2)8-16-21-22-18(29-16)20-17(24)12-5-4-11(23(25)26)9-13(12)19/h3-7,9H,8H2,1-2H3,(H,20,22,24). The molecule has 0 saturated heterocycles. The van der Waals surface area contributed by atoms with Gasteiger partial charge in [-0.05, 0) is 23.8 Å². The average Bonchev–Trinajstić information content (AvgIpc) is 3.14. The Morgan fingerprint density at radius 3 is 2.59 bits per heavy atom. The molecule has 1 aromatic heterocycles. The first-order valence-electron chi connectivity index (χ1n) is 8.20. The van der Waals surface area contributed by atoms with Gasteiger partial charge in [-0.1, -0.05) is 29.0 Å². The van der Waals surface area contributed by atoms with Crippen molar-refractivity contribution in [1.29, 1.82) is 0 Å². The zero-order valence-corrected chi connectivity index (χ0v) is 16.9. The van der Waals surface area contributed by atoms with E-state index in [-0.39, 0.29) is 16.3 Å². The van der Waals surface area contributed by atoms with Gasteiger partial charge in [0, 0.05) is 18.6 Å². The lowest BCUT2D eigenvalue weighted by molar-refractivity contribution is -0.384. The Labute approximate surface area is 174 Å². The van der Waals surface area contributed by atoms with Crippen LogP contribution in [0.3, 0.4) is 0 Å². The minimum absolute atomic E-state index is 0.0215. The van der Waals surface area contributed by atoms with Crippen LogP contribution in [-0.4, -0.2) is 35.2 Å². The number of ether oxygens (including phenoxy) is 2. The van der Waals surface area contributed by atoms with E-state index >= 15 is 0 Å². The lowest BCUT2D eigenvalue weighted by atomic mass is 10.1. The molecule has 0 aliphatic carbocycles. The maximum atomic E-state index is 12.4. The number of nitro groups is 1. The molecule has 1 heterocycles. The summed E-state index contributed by atoms with van der Waals surface area (Å²) in [6, 6.07) is 9.16. The number of nitrogens with zero attached hydrogens (tertiary/aromatic N) is 3. The quantitative estimate of drug-likeness (QED) is 0.441. The van der Waals surface area contributed by atoms with Gasteiger partial charge in [-0.2, -0.15) is 0 Å². The summed E-state index contributed by atoms with van der Waals surface area (Å²) < 4.78 is 10.5. The first kappa shape index (κ1) is 20.5. The first-order chi connectivity index (χ1) is 13.9. The summed E-state index contributed by atoms with van der Waals surface area (Å²) in [6.45, 7) is 0. The molecule has 0 spiro atoms. The summed E-state index contributed by atoms with van der Waals surface area (Å²) in [4.78, 5) is 22.6. The van der Waals surface area contributed by atoms with E-state index in [0.717, 1.165) is 11.6 Å². The first-order valence-corrected chi connectivity index (χ1v) is 9.39. The van der Waals surface area contributed by atoms with Crippen molar-refractivity contribution in [1.82, 2.24) is 10.2 Å². The van der Waals surface area contributed by atoms with Crippen LogP contribution in [0.1, 0.15) is 20.9 Å². The fraction of sp³-hybridized carbons (Fsp3) is 0.167. The zero-order valence-electron chi connectivity index (χ0n) is 15.3. The van der Waals surface area contributed by atoms with E-state index < -0.39 is 10.8 Å². The summed E-state index contributed by atoms with van der Waals surface area (Å²) in [6.07, 6.45) is 0.492. The Morgan fingerprint density at radius 2 is 1.93 bits per heavy atom. The maximum absolute atomic E-state index is 12.4. The number of non-ortho nitro benzene ring substituents is 1. The molecule has 0 aliphatic rings. The molecular weight excluding hydrogens is 420 g/mol. The summed E-state index contributed by atoms with van der Waals surface area (Å²) in [5.74, 6) is 0.705. The molecule has 0 bridgehead atoms. The van der Waals surface area contributed by atoms with Gasteiger partial charge >= 0.3 is 0 Å². The van der Waals surface area contributed by atoms with Crippen molar-refractivity contribution >= 4 is 39.7 Å². The van der Waals surface area contributed by atoms with E-state index in [9.17, 15) is 14.9 Å². The van der Waals surface area contributed by atoms with E-state index in [0.29, 0.717) is 28.1 Å². The highest BCUT2D eigenvalue weighted by molar-refractivity contribution is 7.15. The number of methoxy groups -OCH3 is 2. The molecule has 0 fully saturated rings. The molecule has 0 atom stereocenters. The van der Waals surface area contributed by atoms with Crippen molar-refractivity contribution in [3.63, 3.8) is 0 Å². The van der Waals surface area contributed by atoms with E-state index in [1.165, 1.54) is 23.5 Å². The van der Waals surface area contributed by atoms with Crippen molar-refractivity contribution in [2.75, 3.05) is 19.5 Å². The molecule has 0 unspecified atom stereocenters. The normalized spacial score (nSPS) is 10.4. The van der Waals surface area contributed by atoms with Crippen molar-refractivity contribution in [3.05, 3.63) is 67.7 Å². The molecule has 3 rings (SSSR count). The van der Waals surface area contributed by atoms with E-state index in [2.05, 4.69) is 15.5 Å². The number of hydrogen-bond donors (Lipinski definition) is 1. The third kappa shape index (κ3) is 4.79. The summed E-state index contributed by atoms with van der Waals surface area (Å²) in [5, 5.41) is 22.4. The highest BCUT2D eigenvalue weighted by Crippen LogP contribution is 2.29. The maximum Gasteiger partial charge on any atom is 0.270 e. The number of amides is 1. The van der Waals surface area contributed by atoms with Crippen molar-refractivity contribution in [2.24, 2.45) is 0 Å². The third-order valence-electron chi connectivity index (χ3n) is 3.90. The van der Waals surface area contributed by atoms with Gasteiger partial charge in [0.15, 0.2) is 11.5 Å². The molecule has 2 aromatic carbocycles. The SMILES string of the molecule is COc1ccc(Cc2nnc(NC(=O)c3ccc([N+](=O)[O-])cc3Cl)s2)cc1OC. The van der Waals surface area contributed by atoms with Gasteiger partial charge < -0.3 is 9.47 Å². The summed E-state index contributed by atoms with van der Waals surface area (Å²) in [5.41, 5.74) is 0.851. The molecule has 9 nitrogen and oxygen atoms in total. The molecule has 11 heteroatoms. The van der Waals surface area contributed by atoms with Gasteiger partial charge in [0.25, 0.3) is 11.6 Å². The number of nitrogens with one attached hydrogen (secondary N) is 1. The highest BCUT2D eigenvalue weighted by atomic mass is 35.5. The van der Waals surface area contributed by atoms with E-state index in [1.54, 1.807) is 20.3 Å². The molecule has 0 radical (unpaired) electrons. The largest absolute Gasteiger partial charge is 0.493 e. The van der Waals surface area contributed by atoms with E-state index in [1.807, 2.05) is 12.1 Å². The second kappa shape index (κ2) is 8.84. The fourth-order valence-corrected chi connectivity index (χ4v) is 3.54. The van der Waals surface area contributed by atoms with E-state index in [4.69, 9.17) is 21.1 Å². The topological polar surface area (TPSA) is 116 Å². The van der Waals surface area contributed by atoms with Crippen molar-refractivity contribution < 1.29 is 19.2 Å². The minimum Gasteiger partial charge on any atom is -0.493 e. The number of rotatable bonds is 7. The number of aromatic nitrogens is 2. The van der Waals surface area contributed by atoms with Crippen LogP contribution in [0.25, 0.3) is 0 Å². The Balaban J connectivity index is 1.70. The van der Waals surface area contributed by atoms with Gasteiger partial charge in [0.2, 0.25) is 5.13 Å². The number of carbonyl (C=O) groups is 1. The monoisotopic (exact) mass is 434 g/mol. The molecule has 0 saturated carbocycles. The Kier molecular flexibility index (Phi) is 6.25. The van der Waals surface area contributed by atoms with Crippen LogP contribution in [-0.2, 0) is 6.42 Å². The number of carbonyl (C=O) groups excluding carboxylic acids is 1. The molecule has 29 heavy (non-hydrogen) atoms. The van der Waals surface area contributed by atoms with Crippen LogP contribution in [0.15, 0.2) is 36.4 Å². The fourth-order valence-electron chi connectivity index (χ4n) is 2.51. The predicted molar refractivity (Wildman–Crippen MR) is 108 cm³/mol. The molecule has 1 amide bonds. The summed E-state index contributed by atoms with van der Waals surface area (Å²) >= 11 is 7.19. The predicted octanol–water partition coefficient (Wildman–Crippen LogP) is 3.96. The number of benzene rings is 2. The highest BCUT2D eigenvalue weighted by Gasteiger charge is 2.17. The van der Waals surface area contributed by atoms with Crippen LogP contribution < -0.4 is 14.8 Å². The van der Waals surface area contributed by atoms with Crippen LogP contribution in [0.2, 0.25) is 5.02 Å². The smallest absolute Gasteiger partial charge is 0.270 e. The van der Waals surface area contributed by atoms with Crippen LogP contribution in [0, 0.1) is 10.1 Å². The summed E-state index contributed by atoms with van der Waals surface area (Å²) in [7, 11) is 3.12. The number of anilines is 1. The van der Waals surface area contributed by atoms with Crippen LogP contribution in [0.4, 0.5) is 10.8 Å². The van der Waals surface area contributed by atoms with Crippen molar-refractivity contribution in [3.8, 4) is 11.5 Å². The number of hydrogen-bond acceptors (Lipinski definition) is 8. The second-order valence-corrected chi connectivity index (χ2v) is 7.21. The lowest BCUT2D eigenvalue weighted by Crippen LogP contribution is -2.12. The third-order valence-corrected chi connectivity index (χ3v) is 5.05. The molecule has 3 aromatic rings. The minimum atomic E-state index is -0.585. The zero-order chi connectivity index (χ0) is 21.0. The Hall–Kier alpha value is -3.24. The Morgan fingerprint density at radius 1 is 1.17 bits per heavy atom. The average molecular weight is 435 g/mol.